The predicted molar refractivity (Wildman–Crippen MR) is 127 cm³/mol. The molecule has 0 bridgehead atoms. The van der Waals surface area contributed by atoms with E-state index in [0.717, 1.165) is 5.75 Å². The van der Waals surface area contributed by atoms with Crippen molar-refractivity contribution in [3.63, 3.8) is 0 Å². The molecule has 1 amide bonds. The zero-order valence-corrected chi connectivity index (χ0v) is 18.5. The van der Waals surface area contributed by atoms with Gasteiger partial charge >= 0.3 is 0 Å². The van der Waals surface area contributed by atoms with E-state index < -0.39 is 0 Å². The first kappa shape index (κ1) is 22.4. The molecule has 1 heterocycles. The highest BCUT2D eigenvalue weighted by atomic mass is 32.2. The van der Waals surface area contributed by atoms with Crippen molar-refractivity contribution in [2.75, 3.05) is 24.2 Å². The van der Waals surface area contributed by atoms with Crippen molar-refractivity contribution in [3.05, 3.63) is 67.3 Å². The number of amides is 1. The van der Waals surface area contributed by atoms with Gasteiger partial charge in [-0.25, -0.2) is 0 Å². The average molecular weight is 439 g/mol. The largest absolute Gasteiger partial charge is 0.494 e. The molecule has 8 heteroatoms. The van der Waals surface area contributed by atoms with Crippen LogP contribution < -0.4 is 14.8 Å². The summed E-state index contributed by atoms with van der Waals surface area (Å²) >= 11 is 1.25. The molecule has 0 aromatic heterocycles. The van der Waals surface area contributed by atoms with Gasteiger partial charge in [-0.2, -0.15) is 4.99 Å². The molecule has 0 fully saturated rings. The second-order valence-corrected chi connectivity index (χ2v) is 7.57. The molecule has 0 saturated heterocycles. The summed E-state index contributed by atoms with van der Waals surface area (Å²) in [7, 11) is 0. The van der Waals surface area contributed by atoms with Crippen LogP contribution in [0.15, 0.2) is 77.3 Å². The number of hydrazone groups is 1. The number of thioether (sulfide) groups is 1. The molecule has 1 aliphatic heterocycles. The third kappa shape index (κ3) is 6.62. The number of anilines is 1. The molecule has 1 N–H and O–H groups in total. The molecule has 2 aromatic carbocycles. The Morgan fingerprint density at radius 1 is 1.19 bits per heavy atom. The highest BCUT2D eigenvalue weighted by Crippen LogP contribution is 2.20. The fraction of sp³-hybridized carbons (Fsp3) is 0.261. The van der Waals surface area contributed by atoms with Crippen molar-refractivity contribution in [2.45, 2.75) is 19.9 Å². The van der Waals surface area contributed by atoms with Crippen molar-refractivity contribution >= 4 is 34.4 Å². The van der Waals surface area contributed by atoms with Gasteiger partial charge < -0.3 is 14.8 Å². The van der Waals surface area contributed by atoms with Gasteiger partial charge in [0.2, 0.25) is 17.0 Å². The van der Waals surface area contributed by atoms with E-state index >= 15 is 0 Å². The van der Waals surface area contributed by atoms with Crippen LogP contribution >= 0.6 is 11.8 Å². The van der Waals surface area contributed by atoms with Gasteiger partial charge in [-0.3, -0.25) is 9.80 Å². The van der Waals surface area contributed by atoms with E-state index in [2.05, 4.69) is 22.0 Å². The maximum Gasteiger partial charge on any atom is 0.234 e. The Hall–Kier alpha value is -3.26. The van der Waals surface area contributed by atoms with Gasteiger partial charge in [0.1, 0.15) is 17.5 Å². The van der Waals surface area contributed by atoms with Crippen molar-refractivity contribution in [1.29, 1.82) is 0 Å². The summed E-state index contributed by atoms with van der Waals surface area (Å²) < 4.78 is 11.4. The van der Waals surface area contributed by atoms with Crippen molar-refractivity contribution in [1.82, 2.24) is 5.01 Å². The number of carbonyl (C=O) groups is 1. The topological polar surface area (TPSA) is 75.5 Å². The molecule has 2 aromatic rings. The van der Waals surface area contributed by atoms with Crippen LogP contribution in [0.5, 0.6) is 11.5 Å². The zero-order valence-electron chi connectivity index (χ0n) is 17.7. The quantitative estimate of drug-likeness (QED) is 0.619. The molecule has 0 spiro atoms. The normalized spacial score (nSPS) is 15.5. The lowest BCUT2D eigenvalue weighted by Crippen LogP contribution is -2.42. The van der Waals surface area contributed by atoms with E-state index in [0.29, 0.717) is 35.7 Å². The van der Waals surface area contributed by atoms with Crippen molar-refractivity contribution < 1.29 is 14.3 Å². The molecule has 1 atom stereocenters. The summed E-state index contributed by atoms with van der Waals surface area (Å²) in [5.74, 6) is 2.02. The molecule has 31 heavy (non-hydrogen) atoms. The Morgan fingerprint density at radius 2 is 1.94 bits per heavy atom. The van der Waals surface area contributed by atoms with Gasteiger partial charge in [0.15, 0.2) is 0 Å². The van der Waals surface area contributed by atoms with E-state index in [1.165, 1.54) is 11.8 Å². The number of ether oxygens (including phenoxy) is 2. The number of nitrogens with zero attached hydrogens (tertiary/aromatic N) is 3. The molecule has 1 aliphatic rings. The Kier molecular flexibility index (Phi) is 8.12. The van der Waals surface area contributed by atoms with Crippen molar-refractivity contribution in [2.24, 2.45) is 10.1 Å². The standard InChI is InChI=1S/C23H26N4O3S/c1-4-15-27-17(3)22(30-20-9-7-6-8-10-20)25-23(26-27)31-16-21(28)24-18-11-13-19(14-12-18)29-5-2/h4,6-14,17H,1,5,15-16H2,2-3H3,(H,24,28). The van der Waals surface area contributed by atoms with E-state index in [9.17, 15) is 4.79 Å². The Labute approximate surface area is 186 Å². The fourth-order valence-corrected chi connectivity index (χ4v) is 3.42. The first-order chi connectivity index (χ1) is 15.1. The highest BCUT2D eigenvalue weighted by molar-refractivity contribution is 8.14. The second-order valence-electron chi connectivity index (χ2n) is 6.63. The third-order valence-corrected chi connectivity index (χ3v) is 5.13. The van der Waals surface area contributed by atoms with Crippen LogP contribution in [0.3, 0.4) is 0 Å². The Bertz CT molecular complexity index is 945. The lowest BCUT2D eigenvalue weighted by molar-refractivity contribution is -0.113. The molecule has 7 nitrogen and oxygen atoms in total. The van der Waals surface area contributed by atoms with Crippen LogP contribution in [-0.2, 0) is 4.79 Å². The SMILES string of the molecule is C=CCN1N=C(SCC(=O)Nc2ccc(OCC)cc2)N=C(Oc2ccccc2)C1C. The monoisotopic (exact) mass is 438 g/mol. The van der Waals surface area contributed by atoms with E-state index in [1.54, 1.807) is 6.08 Å². The van der Waals surface area contributed by atoms with Crippen LogP contribution in [0.2, 0.25) is 0 Å². The first-order valence-corrected chi connectivity index (χ1v) is 11.0. The number of hydrogen-bond donors (Lipinski definition) is 1. The van der Waals surface area contributed by atoms with Crippen LogP contribution in [0.4, 0.5) is 5.69 Å². The molecular weight excluding hydrogens is 412 g/mol. The minimum Gasteiger partial charge on any atom is -0.494 e. The molecule has 3 rings (SSSR count). The number of para-hydroxylation sites is 1. The summed E-state index contributed by atoms with van der Waals surface area (Å²) in [5.41, 5.74) is 0.707. The van der Waals surface area contributed by atoms with Crippen LogP contribution in [0, 0.1) is 0 Å². The third-order valence-electron chi connectivity index (χ3n) is 4.29. The molecule has 0 radical (unpaired) electrons. The van der Waals surface area contributed by atoms with Gasteiger partial charge in [0.05, 0.1) is 18.9 Å². The summed E-state index contributed by atoms with van der Waals surface area (Å²) in [4.78, 5) is 16.9. The van der Waals surface area contributed by atoms with Crippen molar-refractivity contribution in [3.8, 4) is 11.5 Å². The van der Waals surface area contributed by atoms with Gasteiger partial charge in [-0.05, 0) is 50.2 Å². The minimum absolute atomic E-state index is 0.147. The van der Waals surface area contributed by atoms with Gasteiger partial charge in [0, 0.05) is 5.69 Å². The van der Waals surface area contributed by atoms with E-state index in [1.807, 2.05) is 73.5 Å². The number of benzene rings is 2. The van der Waals surface area contributed by atoms with Crippen LogP contribution in [0.25, 0.3) is 0 Å². The van der Waals surface area contributed by atoms with Crippen LogP contribution in [-0.4, -0.2) is 46.9 Å². The maximum atomic E-state index is 12.4. The first-order valence-electron chi connectivity index (χ1n) is 10.0. The second kappa shape index (κ2) is 11.2. The van der Waals surface area contributed by atoms with Gasteiger partial charge in [-0.1, -0.05) is 36.0 Å². The number of nitrogens with one attached hydrogen (secondary N) is 1. The molecule has 1 unspecified atom stereocenters. The number of aliphatic imine (C=N–C) groups is 1. The average Bonchev–Trinajstić information content (AvgIpc) is 2.78. The fourth-order valence-electron chi connectivity index (χ4n) is 2.77. The van der Waals surface area contributed by atoms with E-state index in [4.69, 9.17) is 9.47 Å². The minimum atomic E-state index is -0.153. The summed E-state index contributed by atoms with van der Waals surface area (Å²) in [6, 6.07) is 16.6. The van der Waals surface area contributed by atoms with Crippen LogP contribution in [0.1, 0.15) is 13.8 Å². The number of amidine groups is 1. The summed E-state index contributed by atoms with van der Waals surface area (Å²) in [5, 5.41) is 9.70. The van der Waals surface area contributed by atoms with Gasteiger partial charge in [-0.15, -0.1) is 11.7 Å². The predicted octanol–water partition coefficient (Wildman–Crippen LogP) is 4.40. The Balaban J connectivity index is 1.62. The summed E-state index contributed by atoms with van der Waals surface area (Å²) in [6.45, 7) is 8.83. The molecule has 0 saturated carbocycles. The molecule has 162 valence electrons. The van der Waals surface area contributed by atoms with E-state index in [-0.39, 0.29) is 17.7 Å². The highest BCUT2D eigenvalue weighted by Gasteiger charge is 2.26. The molecule has 0 aliphatic carbocycles. The Morgan fingerprint density at radius 3 is 2.61 bits per heavy atom. The number of carbonyl (C=O) groups excluding carboxylic acids is 1. The number of rotatable bonds is 8. The maximum absolute atomic E-state index is 12.4. The lowest BCUT2D eigenvalue weighted by Gasteiger charge is -2.29. The number of hydrogen-bond acceptors (Lipinski definition) is 7. The lowest BCUT2D eigenvalue weighted by atomic mass is 10.3. The smallest absolute Gasteiger partial charge is 0.234 e. The summed E-state index contributed by atoms with van der Waals surface area (Å²) in [6.07, 6.45) is 1.77. The van der Waals surface area contributed by atoms with Gasteiger partial charge in [0.25, 0.3) is 0 Å². The molecular formula is C23H26N4O3S. The zero-order chi connectivity index (χ0) is 22.1.